The zero-order valence-electron chi connectivity index (χ0n) is 21.9. The average molecular weight is 576 g/mol. The molecule has 1 aliphatic rings. The Kier molecular flexibility index (Phi) is 9.59. The summed E-state index contributed by atoms with van der Waals surface area (Å²) in [6.07, 6.45) is -0.378. The van der Waals surface area contributed by atoms with Crippen LogP contribution in [0.2, 0.25) is 0 Å². The number of benzene rings is 1. The fraction of sp³-hybridized carbons (Fsp3) is 0.458. The van der Waals surface area contributed by atoms with E-state index in [-0.39, 0.29) is 17.0 Å². The molecule has 0 aliphatic carbocycles. The largest absolute Gasteiger partial charge is 0.755 e. The number of imidazole rings is 1. The molecule has 0 spiro atoms. The van der Waals surface area contributed by atoms with Crippen molar-refractivity contribution < 1.29 is 33.3 Å². The van der Waals surface area contributed by atoms with Gasteiger partial charge in [-0.2, -0.15) is 0 Å². The second-order valence-electron chi connectivity index (χ2n) is 9.03. The fourth-order valence-corrected chi connectivity index (χ4v) is 4.88. The number of nitrogens with one attached hydrogen (secondary N) is 3. The van der Waals surface area contributed by atoms with E-state index >= 15 is 0 Å². The summed E-state index contributed by atoms with van der Waals surface area (Å²) in [5, 5.41) is 28.7. The number of likely N-dealkylation sites (N-methyl/N-ethyl adjacent to an activating group) is 1. The van der Waals surface area contributed by atoms with E-state index < -0.39 is 47.7 Å². The van der Waals surface area contributed by atoms with Crippen LogP contribution >= 0.6 is 0 Å². The van der Waals surface area contributed by atoms with Crippen LogP contribution in [0.15, 0.2) is 36.9 Å². The first-order valence-corrected chi connectivity index (χ1v) is 13.8. The Bertz CT molecular complexity index is 1370. The molecule has 4 rings (SSSR count). The maximum absolute atomic E-state index is 12.8. The van der Waals surface area contributed by atoms with Crippen LogP contribution in [-0.2, 0) is 20.8 Å². The monoisotopic (exact) mass is 575 g/mol. The van der Waals surface area contributed by atoms with Crippen LogP contribution in [0.3, 0.4) is 0 Å². The van der Waals surface area contributed by atoms with E-state index in [2.05, 4.69) is 30.9 Å². The topological polar surface area (TPSA) is 207 Å². The van der Waals surface area contributed by atoms with Crippen molar-refractivity contribution >= 4 is 51.6 Å². The Labute approximate surface area is 232 Å². The Morgan fingerprint density at radius 2 is 1.95 bits per heavy atom. The Balaban J connectivity index is 1.49. The van der Waals surface area contributed by atoms with E-state index in [0.717, 1.165) is 12.8 Å². The van der Waals surface area contributed by atoms with E-state index in [0.29, 0.717) is 30.9 Å². The standard InChI is InChI=1S/C24H32N8O7S/c1-3-5-6-10-32(40(37)38)15-9-7-8-14(11-15)29-24(36)30-20-16-21(27-12-26-20)31(13-28-16)23-18(34)17(33)19(39-23)22(35)25-4-2/h7-9,11-13,17-19,23,33-34H,3-6,10H2,1-2H3,(H,25,35)(H,37,38)(H2,26,27,29,30,36)/p-1/t17-,18+,19-,23+/m0/s1. The zero-order chi connectivity index (χ0) is 28.8. The van der Waals surface area contributed by atoms with Crippen LogP contribution in [0.5, 0.6) is 0 Å². The van der Waals surface area contributed by atoms with Crippen LogP contribution in [0.1, 0.15) is 39.3 Å². The van der Waals surface area contributed by atoms with Gasteiger partial charge in [-0.15, -0.1) is 0 Å². The lowest BCUT2D eigenvalue weighted by Crippen LogP contribution is -2.42. The third kappa shape index (κ3) is 6.37. The van der Waals surface area contributed by atoms with Crippen LogP contribution in [-0.4, -0.2) is 81.8 Å². The van der Waals surface area contributed by atoms with E-state index in [1.165, 1.54) is 21.5 Å². The van der Waals surface area contributed by atoms with Crippen molar-refractivity contribution in [1.29, 1.82) is 0 Å². The van der Waals surface area contributed by atoms with Gasteiger partial charge in [-0.25, -0.2) is 19.7 Å². The Hall–Kier alpha value is -3.70. The van der Waals surface area contributed by atoms with Gasteiger partial charge in [0.1, 0.15) is 18.5 Å². The third-order valence-corrected chi connectivity index (χ3v) is 7.00. The minimum atomic E-state index is -2.47. The van der Waals surface area contributed by atoms with Gasteiger partial charge in [0.15, 0.2) is 29.3 Å². The minimum absolute atomic E-state index is 0.0487. The molecule has 2 aromatic heterocycles. The van der Waals surface area contributed by atoms with Crippen molar-refractivity contribution in [2.75, 3.05) is 28.0 Å². The third-order valence-electron chi connectivity index (χ3n) is 6.25. The summed E-state index contributed by atoms with van der Waals surface area (Å²) in [6.45, 7) is 4.39. The number of fused-ring (bicyclic) bond motifs is 1. The number of unbranched alkanes of at least 4 members (excludes halogenated alkanes) is 2. The molecule has 1 aromatic carbocycles. The number of amides is 3. The highest BCUT2D eigenvalue weighted by molar-refractivity contribution is 7.80. The molecule has 0 bridgehead atoms. The molecule has 3 heterocycles. The molecule has 40 heavy (non-hydrogen) atoms. The van der Waals surface area contributed by atoms with E-state index in [4.69, 9.17) is 4.74 Å². The molecule has 0 radical (unpaired) electrons. The Morgan fingerprint density at radius 1 is 1.15 bits per heavy atom. The van der Waals surface area contributed by atoms with Gasteiger partial charge in [-0.3, -0.25) is 18.9 Å². The quantitative estimate of drug-likeness (QED) is 0.162. The van der Waals surface area contributed by atoms with Gasteiger partial charge in [0.25, 0.3) is 5.91 Å². The van der Waals surface area contributed by atoms with Crippen molar-refractivity contribution in [1.82, 2.24) is 24.8 Å². The number of carbonyl (C=O) groups is 2. The van der Waals surface area contributed by atoms with Crippen molar-refractivity contribution in [2.24, 2.45) is 0 Å². The average Bonchev–Trinajstić information content (AvgIpc) is 3.48. The van der Waals surface area contributed by atoms with Gasteiger partial charge < -0.3 is 34.4 Å². The molecule has 15 nitrogen and oxygen atoms in total. The molecule has 1 unspecified atom stereocenters. The number of aliphatic hydroxyl groups is 2. The maximum Gasteiger partial charge on any atom is 0.324 e. The summed E-state index contributed by atoms with van der Waals surface area (Å²) in [7, 11) is 0. The van der Waals surface area contributed by atoms with E-state index in [1.54, 1.807) is 31.2 Å². The molecular weight excluding hydrogens is 544 g/mol. The van der Waals surface area contributed by atoms with Gasteiger partial charge in [0.2, 0.25) is 0 Å². The molecule has 216 valence electrons. The summed E-state index contributed by atoms with van der Waals surface area (Å²) in [6, 6.07) is 5.75. The molecule has 5 N–H and O–H groups in total. The number of hydrogen-bond donors (Lipinski definition) is 5. The number of ether oxygens (including phenoxy) is 1. The second-order valence-corrected chi connectivity index (χ2v) is 9.90. The maximum atomic E-state index is 12.8. The highest BCUT2D eigenvalue weighted by Crippen LogP contribution is 2.32. The molecule has 1 saturated heterocycles. The summed E-state index contributed by atoms with van der Waals surface area (Å²) in [5.41, 5.74) is 1.11. The summed E-state index contributed by atoms with van der Waals surface area (Å²) >= 11 is -2.47. The first-order chi connectivity index (χ1) is 19.2. The van der Waals surface area contributed by atoms with Gasteiger partial charge in [-0.1, -0.05) is 25.8 Å². The second kappa shape index (κ2) is 13.1. The van der Waals surface area contributed by atoms with Gasteiger partial charge in [0, 0.05) is 30.0 Å². The molecule has 3 aromatic rings. The van der Waals surface area contributed by atoms with Crippen molar-refractivity contribution in [3.05, 3.63) is 36.9 Å². The number of rotatable bonds is 11. The zero-order valence-corrected chi connectivity index (χ0v) is 22.7. The lowest BCUT2D eigenvalue weighted by atomic mass is 10.1. The lowest BCUT2D eigenvalue weighted by Gasteiger charge is -2.26. The SMILES string of the molecule is CCCCCN(c1cccc(NC(=O)Nc2ncnc3c2ncn3[C@@H]2O[C@H](C(=O)NCC)[C@@H](O)[C@H]2O)c1)S(=O)[O-]. The van der Waals surface area contributed by atoms with E-state index in [1.807, 2.05) is 6.92 Å². The van der Waals surface area contributed by atoms with Crippen LogP contribution in [0.25, 0.3) is 11.2 Å². The highest BCUT2D eigenvalue weighted by Gasteiger charge is 2.47. The first kappa shape index (κ1) is 29.3. The van der Waals surface area contributed by atoms with Crippen LogP contribution < -0.4 is 20.3 Å². The summed E-state index contributed by atoms with van der Waals surface area (Å²) in [4.78, 5) is 37.5. The first-order valence-electron chi connectivity index (χ1n) is 12.8. The highest BCUT2D eigenvalue weighted by atomic mass is 32.2. The molecule has 0 saturated carbocycles. The number of anilines is 3. The number of aromatic nitrogens is 4. The predicted molar refractivity (Wildman–Crippen MR) is 145 cm³/mol. The normalized spacial score (nSPS) is 21.2. The van der Waals surface area contributed by atoms with Crippen LogP contribution in [0.4, 0.5) is 22.0 Å². The number of nitrogens with zero attached hydrogens (tertiary/aromatic N) is 5. The molecular formula is C24H31N8O7S-. The predicted octanol–water partition coefficient (Wildman–Crippen LogP) is 1.02. The van der Waals surface area contributed by atoms with Crippen molar-refractivity contribution in [2.45, 2.75) is 57.6 Å². The number of carbonyl (C=O) groups excluding carboxylic acids is 2. The van der Waals surface area contributed by atoms with Crippen molar-refractivity contribution in [3.63, 3.8) is 0 Å². The lowest BCUT2D eigenvalue weighted by molar-refractivity contribution is -0.137. The summed E-state index contributed by atoms with van der Waals surface area (Å²) < 4.78 is 31.7. The molecule has 16 heteroatoms. The number of urea groups is 1. The van der Waals surface area contributed by atoms with Crippen molar-refractivity contribution in [3.8, 4) is 0 Å². The minimum Gasteiger partial charge on any atom is -0.755 e. The fourth-order valence-electron chi connectivity index (χ4n) is 4.31. The molecule has 1 aliphatic heterocycles. The summed E-state index contributed by atoms with van der Waals surface area (Å²) in [5.74, 6) is -0.517. The van der Waals surface area contributed by atoms with E-state index in [9.17, 15) is 28.6 Å². The van der Waals surface area contributed by atoms with Crippen LogP contribution in [0, 0.1) is 0 Å². The van der Waals surface area contributed by atoms with Gasteiger partial charge in [0.05, 0.1) is 12.0 Å². The molecule has 1 fully saturated rings. The Morgan fingerprint density at radius 3 is 2.67 bits per heavy atom. The smallest absolute Gasteiger partial charge is 0.324 e. The molecule has 3 amide bonds. The van der Waals surface area contributed by atoms with Gasteiger partial charge in [-0.05, 0) is 31.5 Å². The molecule has 5 atom stereocenters. The number of aliphatic hydroxyl groups excluding tert-OH is 2. The van der Waals surface area contributed by atoms with Gasteiger partial charge >= 0.3 is 6.03 Å². The number of hydrogen-bond acceptors (Lipinski definition) is 10.